The van der Waals surface area contributed by atoms with Gasteiger partial charge in [-0.3, -0.25) is 14.4 Å². The number of rotatable bonds is 6. The number of esters is 1. The number of carbonyl (C=O) groups is 3. The third-order valence-corrected chi connectivity index (χ3v) is 4.11. The van der Waals surface area contributed by atoms with Crippen molar-refractivity contribution in [3.63, 3.8) is 0 Å². The maximum atomic E-state index is 13.7. The van der Waals surface area contributed by atoms with Gasteiger partial charge < -0.3 is 15.4 Å². The van der Waals surface area contributed by atoms with Gasteiger partial charge in [0.05, 0.1) is 11.4 Å². The van der Waals surface area contributed by atoms with Gasteiger partial charge in [-0.25, -0.2) is 4.39 Å². The first-order valence-corrected chi connectivity index (χ1v) is 9.35. The van der Waals surface area contributed by atoms with Crippen molar-refractivity contribution in [1.82, 2.24) is 0 Å². The number of para-hydroxylation sites is 2. The lowest BCUT2D eigenvalue weighted by Crippen LogP contribution is -2.15. The summed E-state index contributed by atoms with van der Waals surface area (Å²) < 4.78 is 18.7. The normalized spacial score (nSPS) is 10.5. The molecule has 3 rings (SSSR count). The maximum absolute atomic E-state index is 13.7. The predicted molar refractivity (Wildman–Crippen MR) is 116 cm³/mol. The summed E-state index contributed by atoms with van der Waals surface area (Å²) in [5, 5.41) is 5.38. The largest absolute Gasteiger partial charge is 0.427 e. The maximum Gasteiger partial charge on any atom is 0.308 e. The molecular formula is C24H19FN2O4. The minimum absolute atomic E-state index is 0.250. The number of anilines is 2. The third kappa shape index (κ3) is 6.11. The molecule has 3 aromatic rings. The van der Waals surface area contributed by atoms with E-state index >= 15 is 0 Å². The van der Waals surface area contributed by atoms with Crippen LogP contribution >= 0.6 is 0 Å². The van der Waals surface area contributed by atoms with Gasteiger partial charge >= 0.3 is 5.97 Å². The van der Waals surface area contributed by atoms with Crippen LogP contribution in [0.5, 0.6) is 5.75 Å². The molecule has 7 heteroatoms. The van der Waals surface area contributed by atoms with E-state index in [1.165, 1.54) is 31.2 Å². The van der Waals surface area contributed by atoms with E-state index in [0.29, 0.717) is 11.4 Å². The molecule has 0 aliphatic heterocycles. The molecular weight excluding hydrogens is 399 g/mol. The topological polar surface area (TPSA) is 84.5 Å². The minimum atomic E-state index is -0.492. The van der Waals surface area contributed by atoms with Crippen molar-refractivity contribution in [2.45, 2.75) is 6.92 Å². The molecule has 0 heterocycles. The number of ether oxygens (including phenoxy) is 1. The molecule has 3 aromatic carbocycles. The second kappa shape index (κ2) is 9.98. The molecule has 0 radical (unpaired) electrons. The van der Waals surface area contributed by atoms with Crippen LogP contribution < -0.4 is 15.4 Å². The Balaban J connectivity index is 1.72. The van der Waals surface area contributed by atoms with Crippen LogP contribution in [0.15, 0.2) is 78.9 Å². The van der Waals surface area contributed by atoms with Crippen molar-refractivity contribution in [2.75, 3.05) is 10.6 Å². The first kappa shape index (κ1) is 21.4. The van der Waals surface area contributed by atoms with Gasteiger partial charge in [-0.2, -0.15) is 0 Å². The van der Waals surface area contributed by atoms with Gasteiger partial charge in [0.1, 0.15) is 11.6 Å². The van der Waals surface area contributed by atoms with Crippen molar-refractivity contribution in [3.05, 3.63) is 95.8 Å². The van der Waals surface area contributed by atoms with E-state index in [1.807, 2.05) is 0 Å². The number of hydrogen-bond acceptors (Lipinski definition) is 4. The number of carbonyl (C=O) groups excluding carboxylic acids is 3. The van der Waals surface area contributed by atoms with Crippen LogP contribution in [-0.4, -0.2) is 17.8 Å². The fourth-order valence-electron chi connectivity index (χ4n) is 2.71. The molecule has 2 amide bonds. The Labute approximate surface area is 178 Å². The molecule has 0 aromatic heterocycles. The number of hydrogen-bond donors (Lipinski definition) is 2. The summed E-state index contributed by atoms with van der Waals surface area (Å²) >= 11 is 0. The number of amides is 2. The van der Waals surface area contributed by atoms with Crippen molar-refractivity contribution >= 4 is 35.2 Å². The van der Waals surface area contributed by atoms with Crippen LogP contribution in [0, 0.1) is 5.82 Å². The molecule has 0 saturated heterocycles. The van der Waals surface area contributed by atoms with Crippen molar-refractivity contribution in [3.8, 4) is 5.75 Å². The summed E-state index contributed by atoms with van der Waals surface area (Å²) in [5.41, 5.74) is 1.31. The number of benzene rings is 3. The molecule has 0 spiro atoms. The molecule has 156 valence electrons. The smallest absolute Gasteiger partial charge is 0.308 e. The van der Waals surface area contributed by atoms with Gasteiger partial charge in [0, 0.05) is 24.1 Å². The standard InChI is InChI=1S/C24H19FN2O4/c1-16(28)31-19-9-6-8-18(15-19)24(30)27-22-12-5-4-11-21(22)26-23(29)14-13-17-7-2-3-10-20(17)25/h2-15H,1H3,(H,26,29)(H,27,30)/b14-13+. The fourth-order valence-corrected chi connectivity index (χ4v) is 2.71. The summed E-state index contributed by atoms with van der Waals surface area (Å²) in [6.45, 7) is 1.27. The van der Waals surface area contributed by atoms with Crippen LogP contribution in [0.2, 0.25) is 0 Å². The van der Waals surface area contributed by atoms with Crippen molar-refractivity contribution < 1.29 is 23.5 Å². The van der Waals surface area contributed by atoms with E-state index in [0.717, 1.165) is 0 Å². The van der Waals surface area contributed by atoms with Gasteiger partial charge in [0.15, 0.2) is 0 Å². The second-order valence-corrected chi connectivity index (χ2v) is 6.47. The molecule has 0 fully saturated rings. The van der Waals surface area contributed by atoms with E-state index in [4.69, 9.17) is 4.74 Å². The lowest BCUT2D eigenvalue weighted by atomic mass is 10.2. The van der Waals surface area contributed by atoms with E-state index < -0.39 is 23.6 Å². The quantitative estimate of drug-likeness (QED) is 0.347. The zero-order valence-electron chi connectivity index (χ0n) is 16.6. The average molecular weight is 418 g/mol. The monoisotopic (exact) mass is 418 g/mol. The summed E-state index contributed by atoms with van der Waals surface area (Å²) in [6.07, 6.45) is 2.58. The van der Waals surface area contributed by atoms with Crippen molar-refractivity contribution in [1.29, 1.82) is 0 Å². The Hall–Kier alpha value is -4.26. The molecule has 31 heavy (non-hydrogen) atoms. The van der Waals surface area contributed by atoms with Crippen LogP contribution in [0.4, 0.5) is 15.8 Å². The number of nitrogens with one attached hydrogen (secondary N) is 2. The van der Waals surface area contributed by atoms with Crippen LogP contribution in [0.25, 0.3) is 6.08 Å². The van der Waals surface area contributed by atoms with Crippen molar-refractivity contribution in [2.24, 2.45) is 0 Å². The highest BCUT2D eigenvalue weighted by Crippen LogP contribution is 2.23. The molecule has 0 saturated carbocycles. The third-order valence-electron chi connectivity index (χ3n) is 4.11. The zero-order chi connectivity index (χ0) is 22.2. The Kier molecular flexibility index (Phi) is 6.90. The van der Waals surface area contributed by atoms with Gasteiger partial charge in [0.2, 0.25) is 5.91 Å². The van der Waals surface area contributed by atoms with E-state index in [9.17, 15) is 18.8 Å². The predicted octanol–water partition coefficient (Wildman–Crippen LogP) is 4.66. The molecule has 0 atom stereocenters. The lowest BCUT2D eigenvalue weighted by molar-refractivity contribution is -0.131. The highest BCUT2D eigenvalue weighted by molar-refractivity contribution is 6.09. The minimum Gasteiger partial charge on any atom is -0.427 e. The average Bonchev–Trinajstić information content (AvgIpc) is 2.74. The fraction of sp³-hybridized carbons (Fsp3) is 0.0417. The van der Waals surface area contributed by atoms with Gasteiger partial charge in [0.25, 0.3) is 5.91 Å². The van der Waals surface area contributed by atoms with E-state index in [2.05, 4.69) is 10.6 Å². The number of halogens is 1. The highest BCUT2D eigenvalue weighted by atomic mass is 19.1. The van der Waals surface area contributed by atoms with Crippen LogP contribution in [-0.2, 0) is 9.59 Å². The van der Waals surface area contributed by atoms with Crippen LogP contribution in [0.3, 0.4) is 0 Å². The molecule has 0 aliphatic carbocycles. The van der Waals surface area contributed by atoms with Gasteiger partial charge in [-0.1, -0.05) is 36.4 Å². The highest BCUT2D eigenvalue weighted by Gasteiger charge is 2.11. The summed E-state index contributed by atoms with van der Waals surface area (Å²) in [4.78, 5) is 36.0. The lowest BCUT2D eigenvalue weighted by Gasteiger charge is -2.12. The zero-order valence-corrected chi connectivity index (χ0v) is 16.6. The van der Waals surface area contributed by atoms with Gasteiger partial charge in [-0.15, -0.1) is 0 Å². The van der Waals surface area contributed by atoms with E-state index in [1.54, 1.807) is 60.7 Å². The summed E-state index contributed by atoms with van der Waals surface area (Å²) in [6, 6.07) is 18.9. The SMILES string of the molecule is CC(=O)Oc1cccc(C(=O)Nc2ccccc2NC(=O)/C=C/c2ccccc2F)c1. The Morgan fingerprint density at radius 3 is 2.26 bits per heavy atom. The molecule has 2 N–H and O–H groups in total. The molecule has 6 nitrogen and oxygen atoms in total. The van der Waals surface area contributed by atoms with E-state index in [-0.39, 0.29) is 16.9 Å². The first-order valence-electron chi connectivity index (χ1n) is 9.35. The van der Waals surface area contributed by atoms with Crippen LogP contribution in [0.1, 0.15) is 22.8 Å². The Morgan fingerprint density at radius 1 is 0.871 bits per heavy atom. The molecule has 0 unspecified atom stereocenters. The Bertz CT molecular complexity index is 1160. The Morgan fingerprint density at radius 2 is 1.55 bits per heavy atom. The first-order chi connectivity index (χ1) is 14.9. The summed E-state index contributed by atoms with van der Waals surface area (Å²) in [7, 11) is 0. The summed E-state index contributed by atoms with van der Waals surface area (Å²) in [5.74, 6) is -1.61. The van der Waals surface area contributed by atoms with Gasteiger partial charge in [-0.05, 0) is 42.5 Å². The molecule has 0 aliphatic rings. The molecule has 0 bridgehead atoms. The second-order valence-electron chi connectivity index (χ2n) is 6.47.